The number of rotatable bonds is 1. The summed E-state index contributed by atoms with van der Waals surface area (Å²) in [5, 5.41) is 0. The maximum Gasteiger partial charge on any atom is 0.161 e. The number of hydrogen-bond donors (Lipinski definition) is 0. The number of ketones is 1. The van der Waals surface area contributed by atoms with Gasteiger partial charge in [0.05, 0.1) is 0 Å². The van der Waals surface area contributed by atoms with Crippen LogP contribution >= 0.6 is 0 Å². The van der Waals surface area contributed by atoms with Gasteiger partial charge < -0.3 is 0 Å². The molecule has 2 rings (SSSR count). The lowest BCUT2D eigenvalue weighted by Crippen LogP contribution is -2.44. The van der Waals surface area contributed by atoms with E-state index in [4.69, 9.17) is 0 Å². The highest BCUT2D eigenvalue weighted by atomic mass is 16.1. The van der Waals surface area contributed by atoms with Gasteiger partial charge in [0, 0.05) is 42.5 Å². The summed E-state index contributed by atoms with van der Waals surface area (Å²) in [6, 6.07) is 2.00. The molecular formula is C14H20N2O. The van der Waals surface area contributed by atoms with Crippen molar-refractivity contribution in [3.63, 3.8) is 0 Å². The van der Waals surface area contributed by atoms with Gasteiger partial charge in [-0.2, -0.15) is 0 Å². The van der Waals surface area contributed by atoms with Crippen LogP contribution in [0.15, 0.2) is 12.3 Å². The minimum Gasteiger partial charge on any atom is -0.294 e. The molecular weight excluding hydrogens is 212 g/mol. The van der Waals surface area contributed by atoms with Crippen LogP contribution in [0.1, 0.15) is 49.3 Å². The largest absolute Gasteiger partial charge is 0.294 e. The van der Waals surface area contributed by atoms with E-state index < -0.39 is 0 Å². The maximum atomic E-state index is 11.4. The Morgan fingerprint density at radius 3 is 2.71 bits per heavy atom. The summed E-state index contributed by atoms with van der Waals surface area (Å²) in [7, 11) is 0. The van der Waals surface area contributed by atoms with E-state index in [2.05, 4.69) is 30.7 Å². The van der Waals surface area contributed by atoms with E-state index in [0.29, 0.717) is 0 Å². The Kier molecular flexibility index (Phi) is 3.04. The van der Waals surface area contributed by atoms with Crippen LogP contribution < -0.4 is 0 Å². The highest BCUT2D eigenvalue weighted by molar-refractivity contribution is 5.93. The van der Waals surface area contributed by atoms with Crippen LogP contribution in [0.4, 0.5) is 0 Å². The number of carbonyl (C=O) groups is 1. The van der Waals surface area contributed by atoms with E-state index in [1.54, 1.807) is 13.1 Å². The van der Waals surface area contributed by atoms with Crippen molar-refractivity contribution < 1.29 is 4.79 Å². The predicted molar refractivity (Wildman–Crippen MR) is 68.1 cm³/mol. The second-order valence-electron chi connectivity index (χ2n) is 5.73. The summed E-state index contributed by atoms with van der Waals surface area (Å²) < 4.78 is 0. The molecule has 3 nitrogen and oxygen atoms in total. The zero-order valence-corrected chi connectivity index (χ0v) is 11.1. The van der Waals surface area contributed by atoms with Crippen molar-refractivity contribution in [2.75, 3.05) is 6.54 Å². The second-order valence-corrected chi connectivity index (χ2v) is 5.73. The lowest BCUT2D eigenvalue weighted by molar-refractivity contribution is 0.101. The van der Waals surface area contributed by atoms with E-state index >= 15 is 0 Å². The van der Waals surface area contributed by atoms with Crippen LogP contribution in [0, 0.1) is 0 Å². The Morgan fingerprint density at radius 1 is 1.41 bits per heavy atom. The molecule has 0 saturated heterocycles. The highest BCUT2D eigenvalue weighted by Crippen LogP contribution is 2.24. The Labute approximate surface area is 103 Å². The molecule has 17 heavy (non-hydrogen) atoms. The van der Waals surface area contributed by atoms with Crippen molar-refractivity contribution in [2.45, 2.75) is 46.2 Å². The van der Waals surface area contributed by atoms with Gasteiger partial charge >= 0.3 is 0 Å². The fourth-order valence-corrected chi connectivity index (χ4v) is 2.19. The topological polar surface area (TPSA) is 33.2 Å². The van der Waals surface area contributed by atoms with Gasteiger partial charge in [0.1, 0.15) is 0 Å². The molecule has 0 radical (unpaired) electrons. The number of pyridine rings is 1. The average Bonchev–Trinajstić information content (AvgIpc) is 2.26. The van der Waals surface area contributed by atoms with Gasteiger partial charge in [0.2, 0.25) is 0 Å². The first-order chi connectivity index (χ1) is 7.88. The molecule has 1 aliphatic heterocycles. The van der Waals surface area contributed by atoms with Gasteiger partial charge in [0.15, 0.2) is 5.78 Å². The molecule has 0 aromatic carbocycles. The normalized spacial score (nSPS) is 16.7. The van der Waals surface area contributed by atoms with Gasteiger partial charge in [-0.1, -0.05) is 0 Å². The summed E-state index contributed by atoms with van der Waals surface area (Å²) in [5.74, 6) is 0.0909. The number of fused-ring (bicyclic) bond motifs is 1. The van der Waals surface area contributed by atoms with Crippen LogP contribution in [0.3, 0.4) is 0 Å². The zero-order chi connectivity index (χ0) is 12.6. The second kappa shape index (κ2) is 4.22. The maximum absolute atomic E-state index is 11.4. The average molecular weight is 232 g/mol. The van der Waals surface area contributed by atoms with Crippen molar-refractivity contribution in [3.8, 4) is 0 Å². The molecule has 0 spiro atoms. The zero-order valence-electron chi connectivity index (χ0n) is 11.1. The lowest BCUT2D eigenvalue weighted by atomic mass is 9.97. The van der Waals surface area contributed by atoms with Gasteiger partial charge in [0.25, 0.3) is 0 Å². The van der Waals surface area contributed by atoms with Crippen molar-refractivity contribution in [2.24, 2.45) is 0 Å². The summed E-state index contributed by atoms with van der Waals surface area (Å²) in [5.41, 5.74) is 3.25. The van der Waals surface area contributed by atoms with E-state index in [0.717, 1.165) is 30.8 Å². The van der Waals surface area contributed by atoms with Crippen LogP contribution in [0.2, 0.25) is 0 Å². The fourth-order valence-electron chi connectivity index (χ4n) is 2.19. The molecule has 0 aliphatic carbocycles. The number of aromatic nitrogens is 1. The van der Waals surface area contributed by atoms with Gasteiger partial charge in [-0.15, -0.1) is 0 Å². The highest BCUT2D eigenvalue weighted by Gasteiger charge is 2.26. The molecule has 0 amide bonds. The quantitative estimate of drug-likeness (QED) is 0.697. The SMILES string of the molecule is CC(=O)c1cnc2c(c1)CN(C(C)(C)C)CC2. The number of Topliss-reactive ketones (excluding diaryl/α,β-unsaturated/α-hetero) is 1. The fraction of sp³-hybridized carbons (Fsp3) is 0.571. The Morgan fingerprint density at radius 2 is 2.12 bits per heavy atom. The molecule has 3 heteroatoms. The lowest BCUT2D eigenvalue weighted by Gasteiger charge is -2.38. The Hall–Kier alpha value is -1.22. The summed E-state index contributed by atoms with van der Waals surface area (Å²) in [4.78, 5) is 18.2. The number of hydrogen-bond acceptors (Lipinski definition) is 3. The standard InChI is InChI=1S/C14H20N2O/c1-10(17)11-7-12-9-16(14(2,3)4)6-5-13(12)15-8-11/h7-8H,5-6,9H2,1-4H3. The van der Waals surface area contributed by atoms with E-state index in [1.165, 1.54) is 5.56 Å². The third kappa shape index (κ3) is 2.55. The molecule has 92 valence electrons. The van der Waals surface area contributed by atoms with Crippen LogP contribution in [-0.4, -0.2) is 27.8 Å². The molecule has 2 heterocycles. The van der Waals surface area contributed by atoms with E-state index in [9.17, 15) is 4.79 Å². The summed E-state index contributed by atoms with van der Waals surface area (Å²) >= 11 is 0. The first-order valence-electron chi connectivity index (χ1n) is 6.12. The molecule has 1 aromatic rings. The Bertz CT molecular complexity index is 446. The van der Waals surface area contributed by atoms with Crippen LogP contribution in [-0.2, 0) is 13.0 Å². The third-order valence-electron chi connectivity index (χ3n) is 3.39. The smallest absolute Gasteiger partial charge is 0.161 e. The minimum absolute atomic E-state index is 0.0909. The molecule has 0 atom stereocenters. The molecule has 0 N–H and O–H groups in total. The van der Waals surface area contributed by atoms with Crippen molar-refractivity contribution in [1.29, 1.82) is 0 Å². The Balaban J connectivity index is 2.30. The summed E-state index contributed by atoms with van der Waals surface area (Å²) in [6.07, 6.45) is 2.68. The van der Waals surface area contributed by atoms with Gasteiger partial charge in [-0.3, -0.25) is 14.7 Å². The van der Waals surface area contributed by atoms with Gasteiger partial charge in [-0.25, -0.2) is 0 Å². The number of carbonyl (C=O) groups excluding carboxylic acids is 1. The van der Waals surface area contributed by atoms with Crippen molar-refractivity contribution >= 4 is 5.78 Å². The molecule has 0 saturated carbocycles. The first-order valence-corrected chi connectivity index (χ1v) is 6.12. The third-order valence-corrected chi connectivity index (χ3v) is 3.39. The molecule has 0 unspecified atom stereocenters. The molecule has 1 aromatic heterocycles. The minimum atomic E-state index is 0.0909. The van der Waals surface area contributed by atoms with Crippen LogP contribution in [0.5, 0.6) is 0 Å². The first kappa shape index (κ1) is 12.2. The monoisotopic (exact) mass is 232 g/mol. The molecule has 0 fully saturated rings. The van der Waals surface area contributed by atoms with E-state index in [1.807, 2.05) is 6.07 Å². The van der Waals surface area contributed by atoms with Gasteiger partial charge in [-0.05, 0) is 39.3 Å². The van der Waals surface area contributed by atoms with E-state index in [-0.39, 0.29) is 11.3 Å². The van der Waals surface area contributed by atoms with Crippen LogP contribution in [0.25, 0.3) is 0 Å². The number of nitrogens with zero attached hydrogens (tertiary/aromatic N) is 2. The van der Waals surface area contributed by atoms with Crippen molar-refractivity contribution in [1.82, 2.24) is 9.88 Å². The molecule has 0 bridgehead atoms. The van der Waals surface area contributed by atoms with Crippen molar-refractivity contribution in [3.05, 3.63) is 29.1 Å². The summed E-state index contributed by atoms with van der Waals surface area (Å²) in [6.45, 7) is 10.2. The molecule has 1 aliphatic rings. The predicted octanol–water partition coefficient (Wildman–Crippen LogP) is 2.44.